The zero-order valence-corrected chi connectivity index (χ0v) is 21.7. The summed E-state index contributed by atoms with van der Waals surface area (Å²) in [7, 11) is 3.22. The van der Waals surface area contributed by atoms with E-state index in [1.807, 2.05) is 36.4 Å². The number of rotatable bonds is 10. The van der Waals surface area contributed by atoms with Crippen molar-refractivity contribution in [2.45, 2.75) is 63.3 Å². The number of carbonyl (C=O) groups excluding carboxylic acids is 1. The van der Waals surface area contributed by atoms with Crippen molar-refractivity contribution in [3.63, 3.8) is 0 Å². The summed E-state index contributed by atoms with van der Waals surface area (Å²) in [4.78, 5) is 23.9. The maximum Gasteiger partial charge on any atom is 0.329 e. The van der Waals surface area contributed by atoms with Crippen LogP contribution in [0.4, 0.5) is 5.69 Å². The lowest BCUT2D eigenvalue weighted by Crippen LogP contribution is -2.50. The fourth-order valence-electron chi connectivity index (χ4n) is 5.17. The summed E-state index contributed by atoms with van der Waals surface area (Å²) in [5, 5.41) is 16.3. The fourth-order valence-corrected chi connectivity index (χ4v) is 5.17. The first-order chi connectivity index (χ1) is 17.8. The summed E-state index contributed by atoms with van der Waals surface area (Å²) in [6, 6.07) is 11.5. The van der Waals surface area contributed by atoms with Crippen LogP contribution in [0.25, 0.3) is 11.1 Å². The molecular formula is C28H36N2O7. The van der Waals surface area contributed by atoms with Crippen LogP contribution in [0.5, 0.6) is 11.5 Å². The van der Waals surface area contributed by atoms with Gasteiger partial charge in [0, 0.05) is 44.7 Å². The number of methoxy groups -OCH3 is 2. The van der Waals surface area contributed by atoms with Gasteiger partial charge >= 0.3 is 5.97 Å². The maximum atomic E-state index is 12.2. The normalized spacial score (nSPS) is 20.7. The third-order valence-corrected chi connectivity index (χ3v) is 7.20. The molecule has 1 aliphatic heterocycles. The molecule has 2 aromatic carbocycles. The van der Waals surface area contributed by atoms with Gasteiger partial charge in [-0.2, -0.15) is 0 Å². The number of benzene rings is 2. The Morgan fingerprint density at radius 1 is 1.05 bits per heavy atom. The molecule has 1 saturated heterocycles. The van der Waals surface area contributed by atoms with E-state index in [4.69, 9.17) is 18.9 Å². The Balaban J connectivity index is 1.67. The number of nitrogens with one attached hydrogen (secondary N) is 2. The van der Waals surface area contributed by atoms with Gasteiger partial charge in [0.2, 0.25) is 5.91 Å². The summed E-state index contributed by atoms with van der Waals surface area (Å²) in [5.41, 5.74) is 2.32. The lowest BCUT2D eigenvalue weighted by molar-refractivity contribution is -0.145. The van der Waals surface area contributed by atoms with E-state index in [9.17, 15) is 14.7 Å². The van der Waals surface area contributed by atoms with Gasteiger partial charge in [0.05, 0.1) is 33.0 Å². The van der Waals surface area contributed by atoms with Crippen LogP contribution in [0.15, 0.2) is 36.4 Å². The van der Waals surface area contributed by atoms with Crippen LogP contribution >= 0.6 is 0 Å². The molecule has 37 heavy (non-hydrogen) atoms. The highest BCUT2D eigenvalue weighted by molar-refractivity contribution is 5.83. The summed E-state index contributed by atoms with van der Waals surface area (Å²) in [5.74, 6) is 0.375. The van der Waals surface area contributed by atoms with Crippen LogP contribution in [0.3, 0.4) is 0 Å². The van der Waals surface area contributed by atoms with Crippen molar-refractivity contribution >= 4 is 17.6 Å². The van der Waals surface area contributed by atoms with E-state index in [0.717, 1.165) is 36.0 Å². The molecule has 2 fully saturated rings. The molecule has 200 valence electrons. The molecule has 1 aliphatic carbocycles. The van der Waals surface area contributed by atoms with Crippen LogP contribution < -0.4 is 20.1 Å². The van der Waals surface area contributed by atoms with Crippen LogP contribution in [0, 0.1) is 0 Å². The van der Waals surface area contributed by atoms with Crippen molar-refractivity contribution in [3.05, 3.63) is 42.0 Å². The van der Waals surface area contributed by atoms with Crippen molar-refractivity contribution in [1.82, 2.24) is 5.32 Å². The topological polar surface area (TPSA) is 115 Å². The van der Waals surface area contributed by atoms with E-state index >= 15 is 0 Å². The lowest BCUT2D eigenvalue weighted by Gasteiger charge is -2.35. The summed E-state index contributed by atoms with van der Waals surface area (Å²) < 4.78 is 22.7. The molecule has 9 heteroatoms. The fraction of sp³-hybridized carbons (Fsp3) is 0.500. The van der Waals surface area contributed by atoms with Crippen LogP contribution in [0.1, 0.15) is 44.6 Å². The number of aliphatic carboxylic acids is 1. The summed E-state index contributed by atoms with van der Waals surface area (Å²) in [6.45, 7) is 2.61. The Bertz CT molecular complexity index is 1090. The molecule has 9 nitrogen and oxygen atoms in total. The predicted molar refractivity (Wildman–Crippen MR) is 139 cm³/mol. The third-order valence-electron chi connectivity index (χ3n) is 7.20. The maximum absolute atomic E-state index is 12.2. The highest BCUT2D eigenvalue weighted by Crippen LogP contribution is 2.35. The highest BCUT2D eigenvalue weighted by atomic mass is 16.5. The van der Waals surface area contributed by atoms with E-state index in [0.29, 0.717) is 49.8 Å². The minimum absolute atomic E-state index is 0.0170. The average Bonchev–Trinajstić information content (AvgIpc) is 3.33. The Labute approximate surface area is 217 Å². The molecule has 0 aromatic heterocycles. The SMILES string of the molecule is COc1cc(OC)cc(-c2ccc(NC3(C(=O)O)CCOCC3)cc2CO[C@@H]2CCC[C@@H]2NC(C)=O)c1. The Morgan fingerprint density at radius 3 is 2.38 bits per heavy atom. The molecule has 0 spiro atoms. The number of carboxylic acid groups (broad SMARTS) is 1. The molecule has 1 saturated carbocycles. The van der Waals surface area contributed by atoms with Crippen LogP contribution in [-0.2, 0) is 25.7 Å². The van der Waals surface area contributed by atoms with Crippen molar-refractivity contribution in [3.8, 4) is 22.6 Å². The van der Waals surface area contributed by atoms with E-state index in [2.05, 4.69) is 10.6 Å². The van der Waals surface area contributed by atoms with E-state index in [1.54, 1.807) is 14.2 Å². The van der Waals surface area contributed by atoms with Crippen LogP contribution in [-0.4, -0.2) is 62.1 Å². The van der Waals surface area contributed by atoms with Gasteiger partial charge in [-0.1, -0.05) is 6.07 Å². The standard InChI is InChI=1S/C28H36N2O7/c1-18(31)29-25-5-4-6-26(25)37-17-20-13-21(30-28(27(32)33)9-11-36-12-10-28)7-8-24(20)19-14-22(34-2)16-23(15-19)35-3/h7-8,13-16,25-26,30H,4-6,9-12,17H2,1-3H3,(H,29,31)(H,32,33)/t25-,26+/m0/s1. The van der Waals surface area contributed by atoms with Gasteiger partial charge < -0.3 is 34.7 Å². The van der Waals surface area contributed by atoms with Gasteiger partial charge in [-0.15, -0.1) is 0 Å². The molecule has 1 amide bonds. The average molecular weight is 513 g/mol. The lowest BCUT2D eigenvalue weighted by atomic mass is 9.89. The Kier molecular flexibility index (Phi) is 8.56. The monoisotopic (exact) mass is 512 g/mol. The Morgan fingerprint density at radius 2 is 1.76 bits per heavy atom. The van der Waals surface area contributed by atoms with Gasteiger partial charge in [-0.25, -0.2) is 4.79 Å². The molecule has 0 radical (unpaired) electrons. The third kappa shape index (κ3) is 6.34. The molecule has 0 bridgehead atoms. The molecule has 3 N–H and O–H groups in total. The van der Waals surface area contributed by atoms with Crippen molar-refractivity contribution in [2.24, 2.45) is 0 Å². The first-order valence-corrected chi connectivity index (χ1v) is 12.7. The first kappa shape index (κ1) is 26.8. The Hall–Kier alpha value is -3.30. The number of hydrogen-bond acceptors (Lipinski definition) is 7. The van der Waals surface area contributed by atoms with Gasteiger partial charge in [-0.05, 0) is 60.2 Å². The second-order valence-corrected chi connectivity index (χ2v) is 9.69. The van der Waals surface area contributed by atoms with Gasteiger partial charge in [0.1, 0.15) is 17.0 Å². The van der Waals surface area contributed by atoms with Gasteiger partial charge in [-0.3, -0.25) is 4.79 Å². The quantitative estimate of drug-likeness (QED) is 0.438. The summed E-state index contributed by atoms with van der Waals surface area (Å²) >= 11 is 0. The molecular weight excluding hydrogens is 476 g/mol. The summed E-state index contributed by atoms with van der Waals surface area (Å²) in [6.07, 6.45) is 3.41. The number of carboxylic acids is 1. The van der Waals surface area contributed by atoms with E-state index in [-0.39, 0.29) is 18.1 Å². The highest BCUT2D eigenvalue weighted by Gasteiger charge is 2.40. The molecule has 1 heterocycles. The minimum atomic E-state index is -1.08. The molecule has 4 rings (SSSR count). The number of amides is 1. The number of ether oxygens (including phenoxy) is 4. The zero-order valence-electron chi connectivity index (χ0n) is 21.7. The first-order valence-electron chi connectivity index (χ1n) is 12.7. The predicted octanol–water partition coefficient (Wildman–Crippen LogP) is 3.99. The second-order valence-electron chi connectivity index (χ2n) is 9.69. The largest absolute Gasteiger partial charge is 0.497 e. The molecule has 0 unspecified atom stereocenters. The second kappa shape index (κ2) is 11.8. The van der Waals surface area contributed by atoms with E-state index in [1.165, 1.54) is 6.92 Å². The molecule has 2 atom stereocenters. The van der Waals surface area contributed by atoms with Crippen LogP contribution in [0.2, 0.25) is 0 Å². The van der Waals surface area contributed by atoms with E-state index < -0.39 is 11.5 Å². The van der Waals surface area contributed by atoms with Gasteiger partial charge in [0.15, 0.2) is 0 Å². The minimum Gasteiger partial charge on any atom is -0.497 e. The number of anilines is 1. The number of carbonyl (C=O) groups is 2. The smallest absolute Gasteiger partial charge is 0.329 e. The van der Waals surface area contributed by atoms with Crippen molar-refractivity contribution in [2.75, 3.05) is 32.8 Å². The van der Waals surface area contributed by atoms with Crippen molar-refractivity contribution in [1.29, 1.82) is 0 Å². The molecule has 2 aliphatic rings. The molecule has 2 aromatic rings. The van der Waals surface area contributed by atoms with Crippen molar-refractivity contribution < 1.29 is 33.6 Å². The number of hydrogen-bond donors (Lipinski definition) is 3. The van der Waals surface area contributed by atoms with Gasteiger partial charge in [0.25, 0.3) is 0 Å². The zero-order chi connectivity index (χ0) is 26.4.